The van der Waals surface area contributed by atoms with Crippen molar-refractivity contribution in [3.8, 4) is 11.5 Å². The molecule has 33 heavy (non-hydrogen) atoms. The highest BCUT2D eigenvalue weighted by atomic mass is 32.2. The van der Waals surface area contributed by atoms with Gasteiger partial charge in [-0.1, -0.05) is 65.4 Å². The number of hydrogen-bond acceptors (Lipinski definition) is 5. The van der Waals surface area contributed by atoms with Crippen molar-refractivity contribution in [2.45, 2.75) is 88.2 Å². The highest BCUT2D eigenvalue weighted by Crippen LogP contribution is 2.49. The minimum atomic E-state index is -0.0681. The molecule has 2 aromatic carbocycles. The van der Waals surface area contributed by atoms with Gasteiger partial charge in [0.15, 0.2) is 0 Å². The molecule has 2 aromatic rings. The normalized spacial score (nSPS) is 20.0. The molecule has 2 fully saturated rings. The van der Waals surface area contributed by atoms with Crippen molar-refractivity contribution < 1.29 is 18.9 Å². The van der Waals surface area contributed by atoms with Crippen molar-refractivity contribution >= 4 is 11.8 Å². The zero-order valence-corrected chi connectivity index (χ0v) is 22.2. The maximum absolute atomic E-state index is 6.27. The third-order valence-corrected chi connectivity index (χ3v) is 7.45. The number of benzene rings is 2. The molecule has 2 unspecified atom stereocenters. The lowest BCUT2D eigenvalue weighted by Crippen LogP contribution is -2.19. The van der Waals surface area contributed by atoms with E-state index in [0.717, 1.165) is 24.7 Å². The molecule has 2 aliphatic heterocycles. The first kappa shape index (κ1) is 24.4. The smallest absolute Gasteiger partial charge is 0.124 e. The van der Waals surface area contributed by atoms with Crippen LogP contribution in [-0.2, 0) is 20.3 Å². The van der Waals surface area contributed by atoms with Crippen LogP contribution in [0.25, 0.3) is 0 Å². The van der Waals surface area contributed by atoms with E-state index in [4.69, 9.17) is 18.9 Å². The molecule has 4 rings (SSSR count). The Morgan fingerprint density at radius 2 is 1.09 bits per heavy atom. The van der Waals surface area contributed by atoms with Gasteiger partial charge in [-0.2, -0.15) is 0 Å². The lowest BCUT2D eigenvalue weighted by molar-refractivity contribution is 0.257. The molecule has 0 N–H and O–H groups in total. The summed E-state index contributed by atoms with van der Waals surface area (Å²) in [5, 5.41) is 0. The Balaban J connectivity index is 1.79. The van der Waals surface area contributed by atoms with Crippen molar-refractivity contribution in [2.75, 3.05) is 26.4 Å². The van der Waals surface area contributed by atoms with Crippen LogP contribution in [0.4, 0.5) is 0 Å². The van der Waals surface area contributed by atoms with Gasteiger partial charge >= 0.3 is 0 Å². The zero-order chi connectivity index (χ0) is 24.0. The summed E-state index contributed by atoms with van der Waals surface area (Å²) in [7, 11) is 0. The van der Waals surface area contributed by atoms with Crippen LogP contribution in [0, 0.1) is 13.8 Å². The van der Waals surface area contributed by atoms with Gasteiger partial charge in [0, 0.05) is 20.9 Å². The fourth-order valence-electron chi connectivity index (χ4n) is 4.06. The quantitative estimate of drug-likeness (QED) is 0.406. The largest absolute Gasteiger partial charge is 0.490 e. The minimum Gasteiger partial charge on any atom is -0.490 e. The predicted octanol–water partition coefficient (Wildman–Crippen LogP) is 6.60. The van der Waals surface area contributed by atoms with E-state index in [1.807, 2.05) is 11.8 Å². The van der Waals surface area contributed by atoms with Gasteiger partial charge in [-0.3, -0.25) is 0 Å². The molecule has 0 aromatic heterocycles. The molecule has 0 saturated carbocycles. The molecule has 2 heterocycles. The average Bonchev–Trinajstić information content (AvgIpc) is 3.61. The standard InChI is InChI=1S/C28H38O4S/c1-17-9-11-21(31-15-19-13-29-19)23(27(3,4)5)25(17)33-26-18(2)10-12-22(24(26)28(6,7)8)32-16-20-14-30-20/h9-12,19-20H,13-16H2,1-8H3. The molecule has 0 amide bonds. The molecule has 4 nitrogen and oxygen atoms in total. The molecule has 0 radical (unpaired) electrons. The highest BCUT2D eigenvalue weighted by molar-refractivity contribution is 7.99. The second-order valence-electron chi connectivity index (χ2n) is 11.3. The zero-order valence-electron chi connectivity index (χ0n) is 21.3. The summed E-state index contributed by atoms with van der Waals surface area (Å²) >= 11 is 1.85. The van der Waals surface area contributed by atoms with Gasteiger partial charge < -0.3 is 18.9 Å². The summed E-state index contributed by atoms with van der Waals surface area (Å²) in [5.41, 5.74) is 4.90. The molecule has 2 aliphatic rings. The summed E-state index contributed by atoms with van der Waals surface area (Å²) in [4.78, 5) is 2.54. The van der Waals surface area contributed by atoms with Gasteiger partial charge in [-0.05, 0) is 47.9 Å². The molecule has 5 heteroatoms. The Hall–Kier alpha value is -1.69. The molecular weight excluding hydrogens is 432 g/mol. The number of aryl methyl sites for hydroxylation is 2. The van der Waals surface area contributed by atoms with Crippen LogP contribution in [0.1, 0.15) is 63.8 Å². The van der Waals surface area contributed by atoms with Crippen LogP contribution in [0.15, 0.2) is 34.1 Å². The topological polar surface area (TPSA) is 43.5 Å². The van der Waals surface area contributed by atoms with Gasteiger partial charge in [0.1, 0.15) is 36.9 Å². The van der Waals surface area contributed by atoms with E-state index in [2.05, 4.69) is 79.7 Å². The molecule has 0 bridgehead atoms. The first-order chi connectivity index (χ1) is 15.4. The minimum absolute atomic E-state index is 0.0681. The van der Waals surface area contributed by atoms with E-state index in [9.17, 15) is 0 Å². The number of hydrogen-bond donors (Lipinski definition) is 0. The molecule has 180 valence electrons. The third kappa shape index (κ3) is 5.87. The number of epoxide rings is 2. The van der Waals surface area contributed by atoms with Crippen LogP contribution < -0.4 is 9.47 Å². The average molecular weight is 471 g/mol. The van der Waals surface area contributed by atoms with Gasteiger partial charge in [0.25, 0.3) is 0 Å². The van der Waals surface area contributed by atoms with Crippen molar-refractivity contribution in [2.24, 2.45) is 0 Å². The second kappa shape index (κ2) is 9.16. The summed E-state index contributed by atoms with van der Waals surface area (Å²) in [6, 6.07) is 8.60. The molecule has 0 spiro atoms. The monoisotopic (exact) mass is 470 g/mol. The van der Waals surface area contributed by atoms with Crippen molar-refractivity contribution in [1.82, 2.24) is 0 Å². The van der Waals surface area contributed by atoms with Crippen LogP contribution in [0.3, 0.4) is 0 Å². The van der Waals surface area contributed by atoms with E-state index >= 15 is 0 Å². The van der Waals surface area contributed by atoms with Crippen molar-refractivity contribution in [3.63, 3.8) is 0 Å². The molecular formula is C28H38O4S. The van der Waals surface area contributed by atoms with Crippen molar-refractivity contribution in [1.29, 1.82) is 0 Å². The molecule has 2 saturated heterocycles. The van der Waals surface area contributed by atoms with E-state index in [0.29, 0.717) is 13.2 Å². The SMILES string of the molecule is Cc1ccc(OCC2CO2)c(C(C)(C)C)c1Sc1c(C)ccc(OCC2CO2)c1C(C)(C)C. The first-order valence-electron chi connectivity index (χ1n) is 11.9. The van der Waals surface area contributed by atoms with E-state index in [1.54, 1.807) is 0 Å². The Morgan fingerprint density at radius 1 is 0.727 bits per heavy atom. The number of ether oxygens (including phenoxy) is 4. The highest BCUT2D eigenvalue weighted by Gasteiger charge is 2.31. The van der Waals surface area contributed by atoms with E-state index in [-0.39, 0.29) is 23.0 Å². The Labute approximate surface area is 203 Å². The van der Waals surface area contributed by atoms with Gasteiger partial charge in [0.2, 0.25) is 0 Å². The predicted molar refractivity (Wildman–Crippen MR) is 134 cm³/mol. The first-order valence-corrected chi connectivity index (χ1v) is 12.7. The Kier molecular flexibility index (Phi) is 6.78. The maximum Gasteiger partial charge on any atom is 0.124 e. The second-order valence-corrected chi connectivity index (χ2v) is 12.3. The van der Waals surface area contributed by atoms with Gasteiger partial charge in [-0.25, -0.2) is 0 Å². The third-order valence-electron chi connectivity index (χ3n) is 5.99. The summed E-state index contributed by atoms with van der Waals surface area (Å²) < 4.78 is 23.3. The van der Waals surface area contributed by atoms with E-state index < -0.39 is 0 Å². The molecule has 2 atom stereocenters. The molecule has 0 aliphatic carbocycles. The van der Waals surface area contributed by atoms with Crippen LogP contribution >= 0.6 is 11.8 Å². The van der Waals surface area contributed by atoms with Crippen LogP contribution in [0.5, 0.6) is 11.5 Å². The maximum atomic E-state index is 6.27. The summed E-state index contributed by atoms with van der Waals surface area (Å²) in [6.45, 7) is 20.8. The Morgan fingerprint density at radius 3 is 1.39 bits per heavy atom. The lowest BCUT2D eigenvalue weighted by atomic mass is 9.85. The summed E-state index contributed by atoms with van der Waals surface area (Å²) in [5.74, 6) is 1.92. The number of rotatable bonds is 8. The fourth-order valence-corrected chi connectivity index (χ4v) is 5.74. The summed E-state index contributed by atoms with van der Waals surface area (Å²) in [6.07, 6.45) is 0.462. The fraction of sp³-hybridized carbons (Fsp3) is 0.571. The Bertz CT molecular complexity index is 927. The van der Waals surface area contributed by atoms with Crippen molar-refractivity contribution in [3.05, 3.63) is 46.5 Å². The van der Waals surface area contributed by atoms with Crippen LogP contribution in [0.2, 0.25) is 0 Å². The van der Waals surface area contributed by atoms with Gasteiger partial charge in [0.05, 0.1) is 13.2 Å². The van der Waals surface area contributed by atoms with Crippen LogP contribution in [-0.4, -0.2) is 38.6 Å². The van der Waals surface area contributed by atoms with E-state index in [1.165, 1.54) is 32.0 Å². The van der Waals surface area contributed by atoms with Gasteiger partial charge in [-0.15, -0.1) is 0 Å². The lowest BCUT2D eigenvalue weighted by Gasteiger charge is -2.30.